The molecule has 0 radical (unpaired) electrons. The van der Waals surface area contributed by atoms with Gasteiger partial charge in [-0.05, 0) is 31.4 Å². The van der Waals surface area contributed by atoms with E-state index in [9.17, 15) is 9.59 Å². The Morgan fingerprint density at radius 1 is 1.11 bits per heavy atom. The zero-order chi connectivity index (χ0) is 12.7. The summed E-state index contributed by atoms with van der Waals surface area (Å²) in [5.74, 6) is -1.08. The molecule has 0 saturated carbocycles. The van der Waals surface area contributed by atoms with Crippen LogP contribution in [-0.2, 0) is 4.79 Å². The minimum Gasteiger partial charge on any atom is -0.370 e. The van der Waals surface area contributed by atoms with E-state index in [1.54, 1.807) is 6.07 Å². The molecule has 1 aromatic carbocycles. The molecule has 1 N–H and O–H groups in total. The lowest BCUT2D eigenvalue weighted by molar-refractivity contribution is -0.112. The van der Waals surface area contributed by atoms with Gasteiger partial charge in [0.15, 0.2) is 0 Å². The number of nitrogens with zero attached hydrogens (tertiary/aromatic N) is 1. The summed E-state index contributed by atoms with van der Waals surface area (Å²) in [6, 6.07) is 3.41. The number of nitrogens with one attached hydrogen (secondary N) is 1. The van der Waals surface area contributed by atoms with Gasteiger partial charge < -0.3 is 10.2 Å². The third kappa shape index (κ3) is 1.77. The minimum absolute atomic E-state index is 0.380. The van der Waals surface area contributed by atoms with Gasteiger partial charge in [0.1, 0.15) is 0 Å². The number of halogens is 1. The van der Waals surface area contributed by atoms with Crippen LogP contribution in [0.5, 0.6) is 0 Å². The molecule has 2 aliphatic heterocycles. The molecule has 1 amide bonds. The van der Waals surface area contributed by atoms with Crippen molar-refractivity contribution < 1.29 is 9.59 Å². The van der Waals surface area contributed by atoms with Crippen molar-refractivity contribution >= 4 is 34.7 Å². The topological polar surface area (TPSA) is 49.4 Å². The summed E-state index contributed by atoms with van der Waals surface area (Å²) in [7, 11) is 0. The minimum atomic E-state index is -0.572. The van der Waals surface area contributed by atoms with Crippen LogP contribution < -0.4 is 10.2 Å². The molecule has 0 spiro atoms. The molecule has 0 unspecified atom stereocenters. The monoisotopic (exact) mass is 264 g/mol. The summed E-state index contributed by atoms with van der Waals surface area (Å²) >= 11 is 6.22. The maximum Gasteiger partial charge on any atom is 0.296 e. The van der Waals surface area contributed by atoms with Gasteiger partial charge in [-0.15, -0.1) is 0 Å². The Hall–Kier alpha value is -1.55. The van der Waals surface area contributed by atoms with Gasteiger partial charge in [-0.2, -0.15) is 0 Å². The van der Waals surface area contributed by atoms with E-state index in [0.29, 0.717) is 16.3 Å². The Labute approximate surface area is 110 Å². The molecular formula is C13H13ClN2O2. The summed E-state index contributed by atoms with van der Waals surface area (Å²) in [6.45, 7) is 1.95. The highest BCUT2D eigenvalue weighted by Crippen LogP contribution is 2.36. The molecule has 0 aliphatic carbocycles. The van der Waals surface area contributed by atoms with Crippen LogP contribution in [0, 0.1) is 0 Å². The molecule has 1 aromatic rings. The van der Waals surface area contributed by atoms with Gasteiger partial charge in [-0.3, -0.25) is 9.59 Å². The number of hydrogen-bond donors (Lipinski definition) is 1. The number of ketones is 1. The Morgan fingerprint density at radius 3 is 2.56 bits per heavy atom. The predicted octanol–water partition coefficient (Wildman–Crippen LogP) is 2.47. The maximum atomic E-state index is 11.6. The quantitative estimate of drug-likeness (QED) is 0.793. The van der Waals surface area contributed by atoms with E-state index in [-0.39, 0.29) is 0 Å². The number of carbonyl (C=O) groups excluding carboxylic acids is 2. The van der Waals surface area contributed by atoms with Gasteiger partial charge in [0, 0.05) is 13.1 Å². The third-order valence-electron chi connectivity index (χ3n) is 3.48. The standard InChI is InChI=1S/C13H13ClN2O2/c14-9-6-8-10(15-13(18)12(8)17)7-11(9)16-4-2-1-3-5-16/h6-7H,1-5H2,(H,15,17,18). The molecule has 2 aliphatic rings. The first-order valence-electron chi connectivity index (χ1n) is 6.11. The average Bonchev–Trinajstić information content (AvgIpc) is 2.66. The number of hydrogen-bond acceptors (Lipinski definition) is 3. The summed E-state index contributed by atoms with van der Waals surface area (Å²) in [5, 5.41) is 3.12. The van der Waals surface area contributed by atoms with E-state index >= 15 is 0 Å². The van der Waals surface area contributed by atoms with Crippen molar-refractivity contribution in [2.45, 2.75) is 19.3 Å². The molecule has 2 heterocycles. The van der Waals surface area contributed by atoms with Crippen molar-refractivity contribution in [2.75, 3.05) is 23.3 Å². The van der Waals surface area contributed by atoms with Crippen molar-refractivity contribution in [1.29, 1.82) is 0 Å². The van der Waals surface area contributed by atoms with Gasteiger partial charge >= 0.3 is 0 Å². The lowest BCUT2D eigenvalue weighted by Gasteiger charge is -2.29. The summed E-state index contributed by atoms with van der Waals surface area (Å²) in [4.78, 5) is 25.1. The summed E-state index contributed by atoms with van der Waals surface area (Å²) in [6.07, 6.45) is 3.55. The number of carbonyl (C=O) groups is 2. The van der Waals surface area contributed by atoms with Crippen molar-refractivity contribution in [2.24, 2.45) is 0 Å². The van der Waals surface area contributed by atoms with Crippen molar-refractivity contribution in [3.05, 3.63) is 22.7 Å². The van der Waals surface area contributed by atoms with Crippen LogP contribution in [0.15, 0.2) is 12.1 Å². The van der Waals surface area contributed by atoms with Gasteiger partial charge in [-0.1, -0.05) is 11.6 Å². The van der Waals surface area contributed by atoms with Crippen LogP contribution >= 0.6 is 11.6 Å². The van der Waals surface area contributed by atoms with Crippen LogP contribution in [0.3, 0.4) is 0 Å². The van der Waals surface area contributed by atoms with Gasteiger partial charge in [0.05, 0.1) is 22.0 Å². The number of rotatable bonds is 1. The number of amides is 1. The number of anilines is 2. The van der Waals surface area contributed by atoms with Crippen LogP contribution in [0.2, 0.25) is 5.02 Å². The van der Waals surface area contributed by atoms with E-state index < -0.39 is 11.7 Å². The number of benzene rings is 1. The largest absolute Gasteiger partial charge is 0.370 e. The van der Waals surface area contributed by atoms with E-state index in [1.807, 2.05) is 6.07 Å². The molecule has 4 nitrogen and oxygen atoms in total. The zero-order valence-corrected chi connectivity index (χ0v) is 10.6. The molecular weight excluding hydrogens is 252 g/mol. The Morgan fingerprint density at radius 2 is 1.83 bits per heavy atom. The van der Waals surface area contributed by atoms with Crippen LogP contribution in [0.25, 0.3) is 0 Å². The Balaban J connectivity index is 2.00. The molecule has 0 aromatic heterocycles. The van der Waals surface area contributed by atoms with Crippen molar-refractivity contribution in [3.63, 3.8) is 0 Å². The van der Waals surface area contributed by atoms with E-state index in [4.69, 9.17) is 11.6 Å². The first-order chi connectivity index (χ1) is 8.66. The molecule has 3 rings (SSSR count). The molecule has 1 saturated heterocycles. The number of Topliss-reactive ketones (excluding diaryl/α,β-unsaturated/α-hetero) is 1. The van der Waals surface area contributed by atoms with Crippen molar-refractivity contribution in [3.8, 4) is 0 Å². The Kier molecular flexibility index (Phi) is 2.74. The van der Waals surface area contributed by atoms with Gasteiger partial charge in [0.2, 0.25) is 0 Å². The third-order valence-corrected chi connectivity index (χ3v) is 3.79. The highest BCUT2D eigenvalue weighted by atomic mass is 35.5. The first kappa shape index (κ1) is 11.5. The zero-order valence-electron chi connectivity index (χ0n) is 9.83. The van der Waals surface area contributed by atoms with Crippen LogP contribution in [0.1, 0.15) is 29.6 Å². The smallest absolute Gasteiger partial charge is 0.296 e. The molecule has 0 atom stereocenters. The second kappa shape index (κ2) is 4.28. The molecule has 94 valence electrons. The fourth-order valence-corrected chi connectivity index (χ4v) is 2.81. The average molecular weight is 265 g/mol. The van der Waals surface area contributed by atoms with E-state index in [1.165, 1.54) is 6.42 Å². The fraction of sp³-hybridized carbons (Fsp3) is 0.385. The second-order valence-corrected chi connectivity index (χ2v) is 5.09. The lowest BCUT2D eigenvalue weighted by Crippen LogP contribution is -2.29. The van der Waals surface area contributed by atoms with Crippen LogP contribution in [-0.4, -0.2) is 24.8 Å². The van der Waals surface area contributed by atoms with Gasteiger partial charge in [0.25, 0.3) is 11.7 Å². The van der Waals surface area contributed by atoms with Gasteiger partial charge in [-0.25, -0.2) is 0 Å². The Bertz CT molecular complexity index is 536. The SMILES string of the molecule is O=C1Nc2cc(N3CCCCC3)c(Cl)cc2C1=O. The summed E-state index contributed by atoms with van der Waals surface area (Å²) < 4.78 is 0. The second-order valence-electron chi connectivity index (χ2n) is 4.68. The maximum absolute atomic E-state index is 11.6. The molecule has 0 bridgehead atoms. The normalized spacial score (nSPS) is 18.8. The number of piperidine rings is 1. The first-order valence-corrected chi connectivity index (χ1v) is 6.49. The molecule has 5 heteroatoms. The lowest BCUT2D eigenvalue weighted by atomic mass is 10.1. The fourth-order valence-electron chi connectivity index (χ4n) is 2.53. The summed E-state index contributed by atoms with van der Waals surface area (Å²) in [5.41, 5.74) is 1.87. The van der Waals surface area contributed by atoms with E-state index in [0.717, 1.165) is 31.6 Å². The molecule has 1 fully saturated rings. The highest BCUT2D eigenvalue weighted by molar-refractivity contribution is 6.52. The highest BCUT2D eigenvalue weighted by Gasteiger charge is 2.30. The van der Waals surface area contributed by atoms with Crippen molar-refractivity contribution in [1.82, 2.24) is 0 Å². The number of fused-ring (bicyclic) bond motifs is 1. The predicted molar refractivity (Wildman–Crippen MR) is 70.5 cm³/mol. The van der Waals surface area contributed by atoms with E-state index in [2.05, 4.69) is 10.2 Å². The molecule has 18 heavy (non-hydrogen) atoms. The van der Waals surface area contributed by atoms with Crippen LogP contribution in [0.4, 0.5) is 11.4 Å².